The highest BCUT2D eigenvalue weighted by atomic mass is 16.5. The van der Waals surface area contributed by atoms with E-state index in [9.17, 15) is 5.11 Å². The Balaban J connectivity index is 1.67. The summed E-state index contributed by atoms with van der Waals surface area (Å²) in [5.74, 6) is 1.47. The predicted molar refractivity (Wildman–Crippen MR) is 115 cm³/mol. The van der Waals surface area contributed by atoms with Crippen molar-refractivity contribution in [2.45, 2.75) is 26.0 Å². The molecule has 1 aromatic heterocycles. The number of nitrogens with zero attached hydrogens (tertiary/aromatic N) is 3. The zero-order valence-corrected chi connectivity index (χ0v) is 17.6. The van der Waals surface area contributed by atoms with Crippen LogP contribution in [0.25, 0.3) is 10.9 Å². The van der Waals surface area contributed by atoms with E-state index < -0.39 is 6.10 Å². The van der Waals surface area contributed by atoms with Gasteiger partial charge in [0.1, 0.15) is 18.1 Å². The van der Waals surface area contributed by atoms with E-state index >= 15 is 0 Å². The lowest BCUT2D eigenvalue weighted by Gasteiger charge is -2.31. The summed E-state index contributed by atoms with van der Waals surface area (Å²) in [6, 6.07) is 10.1. The average molecular weight is 409 g/mol. The van der Waals surface area contributed by atoms with Gasteiger partial charge in [-0.2, -0.15) is 10.2 Å². The summed E-state index contributed by atoms with van der Waals surface area (Å²) in [6.45, 7) is 4.47. The Morgan fingerprint density at radius 1 is 1.13 bits per heavy atom. The number of hydrogen-bond acceptors (Lipinski definition) is 7. The molecule has 0 radical (unpaired) electrons. The van der Waals surface area contributed by atoms with Gasteiger partial charge < -0.3 is 24.2 Å². The highest BCUT2D eigenvalue weighted by Gasteiger charge is 2.21. The van der Waals surface area contributed by atoms with Crippen LogP contribution in [0.3, 0.4) is 0 Å². The van der Waals surface area contributed by atoms with E-state index in [2.05, 4.69) is 27.2 Å². The Morgan fingerprint density at radius 2 is 2.00 bits per heavy atom. The number of aromatic nitrogens is 2. The SMILES string of the molecule is COCCOc1ccc2c(c1)CN(c1cnnc3cc(OC)c(C(C)O)cc13)CC2. The number of fused-ring (bicyclic) bond motifs is 2. The summed E-state index contributed by atoms with van der Waals surface area (Å²) in [5.41, 5.74) is 5.07. The number of aliphatic hydroxyl groups is 1. The number of ether oxygens (including phenoxy) is 3. The maximum Gasteiger partial charge on any atom is 0.126 e. The molecule has 0 bridgehead atoms. The van der Waals surface area contributed by atoms with E-state index in [1.807, 2.05) is 18.2 Å². The van der Waals surface area contributed by atoms with Crippen LogP contribution in [0.1, 0.15) is 29.7 Å². The molecule has 1 aliphatic rings. The quantitative estimate of drug-likeness (QED) is 0.600. The minimum atomic E-state index is -0.640. The molecule has 0 amide bonds. The van der Waals surface area contributed by atoms with Crippen molar-refractivity contribution in [1.29, 1.82) is 0 Å². The highest BCUT2D eigenvalue weighted by Crippen LogP contribution is 2.35. The summed E-state index contributed by atoms with van der Waals surface area (Å²) in [5, 5.41) is 19.6. The van der Waals surface area contributed by atoms with Crippen LogP contribution in [-0.4, -0.2) is 49.3 Å². The third-order valence-corrected chi connectivity index (χ3v) is 5.51. The number of hydrogen-bond donors (Lipinski definition) is 1. The minimum Gasteiger partial charge on any atom is -0.496 e. The molecule has 2 aromatic carbocycles. The van der Waals surface area contributed by atoms with E-state index in [-0.39, 0.29) is 0 Å². The molecule has 7 nitrogen and oxygen atoms in total. The second-order valence-electron chi connectivity index (χ2n) is 7.46. The molecule has 0 saturated carbocycles. The number of aliphatic hydroxyl groups excluding tert-OH is 1. The molecule has 4 rings (SSSR count). The average Bonchev–Trinajstić information content (AvgIpc) is 2.77. The van der Waals surface area contributed by atoms with E-state index in [1.54, 1.807) is 27.3 Å². The molecule has 0 aliphatic carbocycles. The Labute approximate surface area is 176 Å². The number of rotatable bonds is 7. The topological polar surface area (TPSA) is 76.9 Å². The first-order chi connectivity index (χ1) is 14.6. The molecular weight excluding hydrogens is 382 g/mol. The van der Waals surface area contributed by atoms with E-state index in [1.165, 1.54) is 11.1 Å². The van der Waals surface area contributed by atoms with Gasteiger partial charge in [0.05, 0.1) is 37.2 Å². The van der Waals surface area contributed by atoms with Crippen molar-refractivity contribution >= 4 is 16.6 Å². The molecule has 1 aliphatic heterocycles. The minimum absolute atomic E-state index is 0.530. The zero-order valence-electron chi connectivity index (χ0n) is 17.6. The third-order valence-electron chi connectivity index (χ3n) is 5.51. The van der Waals surface area contributed by atoms with Crippen molar-refractivity contribution in [3.05, 3.63) is 53.2 Å². The van der Waals surface area contributed by atoms with Crippen LogP contribution in [0, 0.1) is 0 Å². The summed E-state index contributed by atoms with van der Waals surface area (Å²) in [6.07, 6.45) is 2.10. The van der Waals surface area contributed by atoms with Gasteiger partial charge in [-0.15, -0.1) is 0 Å². The first-order valence-electron chi connectivity index (χ1n) is 10.1. The van der Waals surface area contributed by atoms with Crippen LogP contribution in [0.5, 0.6) is 11.5 Å². The fourth-order valence-electron chi connectivity index (χ4n) is 3.92. The fourth-order valence-corrected chi connectivity index (χ4v) is 3.92. The zero-order chi connectivity index (χ0) is 21.1. The summed E-state index contributed by atoms with van der Waals surface area (Å²) in [7, 11) is 3.26. The van der Waals surface area contributed by atoms with Crippen molar-refractivity contribution < 1.29 is 19.3 Å². The van der Waals surface area contributed by atoms with Gasteiger partial charge in [0.25, 0.3) is 0 Å². The van der Waals surface area contributed by atoms with Gasteiger partial charge in [-0.25, -0.2) is 0 Å². The van der Waals surface area contributed by atoms with Crippen molar-refractivity contribution in [3.8, 4) is 11.5 Å². The van der Waals surface area contributed by atoms with Crippen LogP contribution in [0.15, 0.2) is 36.5 Å². The van der Waals surface area contributed by atoms with Gasteiger partial charge in [-0.3, -0.25) is 0 Å². The fraction of sp³-hybridized carbons (Fsp3) is 0.391. The lowest BCUT2D eigenvalue weighted by Crippen LogP contribution is -2.30. The van der Waals surface area contributed by atoms with Gasteiger partial charge in [-0.1, -0.05) is 6.07 Å². The van der Waals surface area contributed by atoms with Crippen LogP contribution in [0.2, 0.25) is 0 Å². The Kier molecular flexibility index (Phi) is 6.01. The molecule has 1 atom stereocenters. The van der Waals surface area contributed by atoms with Crippen molar-refractivity contribution in [2.24, 2.45) is 0 Å². The highest BCUT2D eigenvalue weighted by molar-refractivity contribution is 5.92. The normalized spacial score (nSPS) is 14.5. The monoisotopic (exact) mass is 409 g/mol. The first-order valence-corrected chi connectivity index (χ1v) is 10.1. The molecule has 1 unspecified atom stereocenters. The van der Waals surface area contributed by atoms with Gasteiger partial charge in [0, 0.05) is 37.2 Å². The Bertz CT molecular complexity index is 1040. The molecule has 0 saturated heterocycles. The molecule has 30 heavy (non-hydrogen) atoms. The summed E-state index contributed by atoms with van der Waals surface area (Å²) in [4.78, 5) is 2.30. The lowest BCUT2D eigenvalue weighted by atomic mass is 9.98. The van der Waals surface area contributed by atoms with E-state index in [0.29, 0.717) is 19.0 Å². The maximum atomic E-state index is 10.2. The van der Waals surface area contributed by atoms with Gasteiger partial charge in [-0.05, 0) is 42.7 Å². The lowest BCUT2D eigenvalue weighted by molar-refractivity contribution is 0.146. The van der Waals surface area contributed by atoms with Crippen molar-refractivity contribution in [3.63, 3.8) is 0 Å². The molecule has 1 N–H and O–H groups in total. The van der Waals surface area contributed by atoms with Crippen molar-refractivity contribution in [2.75, 3.05) is 38.9 Å². The number of methoxy groups -OCH3 is 2. The number of benzene rings is 2. The molecule has 0 spiro atoms. The molecule has 0 fully saturated rings. The molecule has 7 heteroatoms. The second kappa shape index (κ2) is 8.85. The third kappa shape index (κ3) is 4.04. The van der Waals surface area contributed by atoms with E-state index in [4.69, 9.17) is 14.2 Å². The molecule has 158 valence electrons. The summed E-state index contributed by atoms with van der Waals surface area (Å²) >= 11 is 0. The smallest absolute Gasteiger partial charge is 0.126 e. The van der Waals surface area contributed by atoms with E-state index in [0.717, 1.165) is 47.4 Å². The number of anilines is 1. The summed E-state index contributed by atoms with van der Waals surface area (Å²) < 4.78 is 16.3. The molecule has 3 aromatic rings. The Morgan fingerprint density at radius 3 is 2.77 bits per heavy atom. The van der Waals surface area contributed by atoms with Crippen LogP contribution < -0.4 is 14.4 Å². The molecule has 2 heterocycles. The van der Waals surface area contributed by atoms with Gasteiger partial charge in [0.2, 0.25) is 0 Å². The Hall–Kier alpha value is -2.90. The maximum absolute atomic E-state index is 10.2. The second-order valence-corrected chi connectivity index (χ2v) is 7.46. The molecular formula is C23H27N3O4. The van der Waals surface area contributed by atoms with Gasteiger partial charge >= 0.3 is 0 Å². The van der Waals surface area contributed by atoms with Gasteiger partial charge in [0.15, 0.2) is 0 Å². The van der Waals surface area contributed by atoms with Crippen LogP contribution >= 0.6 is 0 Å². The first kappa shape index (κ1) is 20.4. The largest absolute Gasteiger partial charge is 0.496 e. The van der Waals surface area contributed by atoms with Crippen LogP contribution in [0.4, 0.5) is 5.69 Å². The van der Waals surface area contributed by atoms with Crippen LogP contribution in [-0.2, 0) is 17.7 Å². The van der Waals surface area contributed by atoms with Crippen molar-refractivity contribution in [1.82, 2.24) is 10.2 Å². The predicted octanol–water partition coefficient (Wildman–Crippen LogP) is 3.28. The standard InChI is InChI=1S/C23H27N3O4/c1-15(27)19-11-20-21(12-23(19)29-3)25-24-13-22(20)26-7-6-16-4-5-18(10-17(16)14-26)30-9-8-28-2/h4-5,10-13,15,27H,6-9,14H2,1-3H3.